The number of benzene rings is 3. The number of carbonyl (C=O) groups is 1. The van der Waals surface area contributed by atoms with Crippen LogP contribution in [0.1, 0.15) is 43.6 Å². The molecule has 0 fully saturated rings. The van der Waals surface area contributed by atoms with Gasteiger partial charge in [-0.15, -0.1) is 11.3 Å². The van der Waals surface area contributed by atoms with Crippen LogP contribution < -0.4 is 4.90 Å². The fourth-order valence-corrected chi connectivity index (χ4v) is 6.86. The minimum absolute atomic E-state index is 0.609. The molecule has 0 spiro atoms. The van der Waals surface area contributed by atoms with Crippen LogP contribution in [-0.2, 0) is 16.0 Å². The zero-order chi connectivity index (χ0) is 29.8. The minimum Gasteiger partial charge on any atom is -0.479 e. The number of pyridine rings is 1. The molecule has 0 saturated carbocycles. The van der Waals surface area contributed by atoms with E-state index in [9.17, 15) is 9.90 Å². The molecule has 1 unspecified atom stereocenters. The van der Waals surface area contributed by atoms with Gasteiger partial charge in [-0.05, 0) is 93.3 Å². The van der Waals surface area contributed by atoms with E-state index < -0.39 is 17.7 Å². The first-order valence-electron chi connectivity index (χ1n) is 13.9. The molecule has 8 heteroatoms. The van der Waals surface area contributed by atoms with Gasteiger partial charge in [0.15, 0.2) is 6.10 Å². The highest BCUT2D eigenvalue weighted by Gasteiger charge is 2.32. The summed E-state index contributed by atoms with van der Waals surface area (Å²) in [4.78, 5) is 24.6. The molecule has 1 aliphatic heterocycles. The van der Waals surface area contributed by atoms with Crippen LogP contribution in [0.3, 0.4) is 0 Å². The van der Waals surface area contributed by atoms with Gasteiger partial charge in [0.1, 0.15) is 5.01 Å². The summed E-state index contributed by atoms with van der Waals surface area (Å²) in [7, 11) is 2.12. The first-order chi connectivity index (χ1) is 20.0. The van der Waals surface area contributed by atoms with Gasteiger partial charge in [-0.1, -0.05) is 29.8 Å². The third kappa shape index (κ3) is 5.40. The Bertz CT molecular complexity index is 1830. The van der Waals surface area contributed by atoms with E-state index in [-0.39, 0.29) is 0 Å². The number of halogens is 1. The summed E-state index contributed by atoms with van der Waals surface area (Å²) in [5.74, 6) is -1.04. The van der Waals surface area contributed by atoms with E-state index in [1.54, 1.807) is 11.3 Å². The lowest BCUT2D eigenvalue weighted by molar-refractivity contribution is -0.160. The molecular weight excluding hydrogens is 566 g/mol. The highest BCUT2D eigenvalue weighted by molar-refractivity contribution is 7.22. The average molecular weight is 598 g/mol. The maximum Gasteiger partial charge on any atom is 0.337 e. The molecule has 214 valence electrons. The maximum atomic E-state index is 12.6. The van der Waals surface area contributed by atoms with E-state index >= 15 is 0 Å². The number of aliphatic carboxylic acids is 1. The van der Waals surface area contributed by atoms with Crippen molar-refractivity contribution >= 4 is 44.8 Å². The van der Waals surface area contributed by atoms with Crippen molar-refractivity contribution in [3.8, 4) is 33.0 Å². The fraction of sp³-hybridized carbons (Fsp3) is 0.265. The van der Waals surface area contributed by atoms with Crippen molar-refractivity contribution in [1.82, 2.24) is 9.97 Å². The van der Waals surface area contributed by atoms with Gasteiger partial charge >= 0.3 is 5.97 Å². The Kier molecular flexibility index (Phi) is 7.29. The second kappa shape index (κ2) is 10.8. The van der Waals surface area contributed by atoms with Crippen molar-refractivity contribution in [2.45, 2.75) is 45.8 Å². The van der Waals surface area contributed by atoms with Crippen LogP contribution in [0.4, 0.5) is 5.69 Å². The second-order valence-electron chi connectivity index (χ2n) is 11.7. The third-order valence-electron chi connectivity index (χ3n) is 7.53. The molecule has 5 aromatic rings. The summed E-state index contributed by atoms with van der Waals surface area (Å²) in [6.45, 7) is 8.54. The lowest BCUT2D eigenvalue weighted by Crippen LogP contribution is -2.28. The number of hydrogen-bond donors (Lipinski definition) is 1. The molecule has 6 nitrogen and oxygen atoms in total. The lowest BCUT2D eigenvalue weighted by Gasteiger charge is -2.28. The Labute approximate surface area is 254 Å². The molecule has 3 heterocycles. The van der Waals surface area contributed by atoms with Gasteiger partial charge in [-0.25, -0.2) is 9.78 Å². The number of aromatic nitrogens is 2. The number of fused-ring (bicyclic) bond motifs is 2. The van der Waals surface area contributed by atoms with E-state index in [4.69, 9.17) is 21.3 Å². The standard InChI is InChI=1S/C34H32ClN3O3S/c1-19-16-26-31(29(20-6-9-24(35)10-7-20)28(19)30(33(39)40)41-34(2,3)4)42-32(37-26)23-12-14-36-25(18-23)21-8-11-27-22(17-21)13-15-38(27)5/h6-12,14,16-18,30H,13,15H2,1-5H3,(H,39,40). The van der Waals surface area contributed by atoms with E-state index in [0.717, 1.165) is 61.7 Å². The topological polar surface area (TPSA) is 75.5 Å². The SMILES string of the molecule is Cc1cc2nc(-c3ccnc(-c4ccc5c(c4)CCN5C)c3)sc2c(-c2ccc(Cl)cc2)c1C(OC(C)(C)C)C(=O)O. The van der Waals surface area contributed by atoms with E-state index in [2.05, 4.69) is 41.2 Å². The number of likely N-dealkylation sites (N-methyl/N-ethyl adjacent to an activating group) is 1. The van der Waals surface area contributed by atoms with Gasteiger partial charge in [-0.2, -0.15) is 0 Å². The summed E-state index contributed by atoms with van der Waals surface area (Å²) in [6.07, 6.45) is 1.70. The number of thiazole rings is 1. The van der Waals surface area contributed by atoms with Crippen molar-refractivity contribution in [2.24, 2.45) is 0 Å². The predicted octanol–water partition coefficient (Wildman–Crippen LogP) is 8.59. The number of carboxylic acids is 1. The fourth-order valence-electron chi connectivity index (χ4n) is 5.61. The average Bonchev–Trinajstić information content (AvgIpc) is 3.54. The highest BCUT2D eigenvalue weighted by Crippen LogP contribution is 2.44. The van der Waals surface area contributed by atoms with E-state index in [1.807, 2.05) is 70.3 Å². The molecule has 6 rings (SSSR count). The minimum atomic E-state index is -1.16. The van der Waals surface area contributed by atoms with Crippen molar-refractivity contribution in [3.05, 3.63) is 88.6 Å². The Balaban J connectivity index is 1.51. The molecule has 1 aliphatic rings. The normalized spacial score (nSPS) is 13.9. The Morgan fingerprint density at radius 1 is 1.05 bits per heavy atom. The van der Waals surface area contributed by atoms with E-state index in [1.165, 1.54) is 11.3 Å². The van der Waals surface area contributed by atoms with Crippen molar-refractivity contribution < 1.29 is 14.6 Å². The van der Waals surface area contributed by atoms with Crippen LogP contribution in [0.2, 0.25) is 5.02 Å². The Morgan fingerprint density at radius 3 is 2.50 bits per heavy atom. The molecule has 0 saturated heterocycles. The predicted molar refractivity (Wildman–Crippen MR) is 172 cm³/mol. The molecule has 1 N–H and O–H groups in total. The largest absolute Gasteiger partial charge is 0.479 e. The van der Waals surface area contributed by atoms with Crippen molar-refractivity contribution in [3.63, 3.8) is 0 Å². The van der Waals surface area contributed by atoms with Crippen LogP contribution in [-0.4, -0.2) is 40.2 Å². The number of rotatable bonds is 6. The third-order valence-corrected chi connectivity index (χ3v) is 8.92. The van der Waals surface area contributed by atoms with Crippen LogP contribution in [0.5, 0.6) is 0 Å². The van der Waals surface area contributed by atoms with Crippen LogP contribution >= 0.6 is 22.9 Å². The zero-order valence-corrected chi connectivity index (χ0v) is 25.8. The molecule has 0 bridgehead atoms. The van der Waals surface area contributed by atoms with Gasteiger partial charge in [0, 0.05) is 52.8 Å². The summed E-state index contributed by atoms with van der Waals surface area (Å²) < 4.78 is 7.04. The summed E-state index contributed by atoms with van der Waals surface area (Å²) in [6, 6.07) is 20.0. The van der Waals surface area contributed by atoms with Gasteiger partial charge in [0.2, 0.25) is 0 Å². The van der Waals surface area contributed by atoms with E-state index in [0.29, 0.717) is 10.6 Å². The number of carboxylic acid groups (broad SMARTS) is 1. The summed E-state index contributed by atoms with van der Waals surface area (Å²) in [5, 5.41) is 11.8. The molecule has 1 atom stereocenters. The second-order valence-corrected chi connectivity index (χ2v) is 13.2. The number of anilines is 1. The van der Waals surface area contributed by atoms with Crippen LogP contribution in [0.15, 0.2) is 66.9 Å². The first-order valence-corrected chi connectivity index (χ1v) is 15.1. The molecule has 0 radical (unpaired) electrons. The molecular formula is C34H32ClN3O3S. The van der Waals surface area contributed by atoms with Gasteiger partial charge in [0.05, 0.1) is 21.5 Å². The number of nitrogens with zero attached hydrogens (tertiary/aromatic N) is 3. The van der Waals surface area contributed by atoms with Gasteiger partial charge < -0.3 is 14.7 Å². The number of ether oxygens (including phenoxy) is 1. The Morgan fingerprint density at radius 2 is 1.79 bits per heavy atom. The summed E-state index contributed by atoms with van der Waals surface area (Å²) in [5.41, 5.74) is 8.78. The smallest absolute Gasteiger partial charge is 0.337 e. The molecule has 2 aromatic heterocycles. The van der Waals surface area contributed by atoms with Crippen LogP contribution in [0, 0.1) is 6.92 Å². The quantitative estimate of drug-likeness (QED) is 0.211. The van der Waals surface area contributed by atoms with Crippen molar-refractivity contribution in [1.29, 1.82) is 0 Å². The molecule has 0 aliphatic carbocycles. The van der Waals surface area contributed by atoms with Crippen LogP contribution in [0.25, 0.3) is 43.2 Å². The highest BCUT2D eigenvalue weighted by atomic mass is 35.5. The van der Waals surface area contributed by atoms with Crippen molar-refractivity contribution in [2.75, 3.05) is 18.5 Å². The van der Waals surface area contributed by atoms with Gasteiger partial charge in [-0.3, -0.25) is 4.98 Å². The number of aryl methyl sites for hydroxylation is 1. The molecule has 0 amide bonds. The Hall–Kier alpha value is -3.78. The monoisotopic (exact) mass is 597 g/mol. The molecule has 42 heavy (non-hydrogen) atoms. The maximum absolute atomic E-state index is 12.6. The number of hydrogen-bond acceptors (Lipinski definition) is 6. The van der Waals surface area contributed by atoms with Gasteiger partial charge in [0.25, 0.3) is 0 Å². The molecule has 3 aromatic carbocycles. The zero-order valence-electron chi connectivity index (χ0n) is 24.2. The summed E-state index contributed by atoms with van der Waals surface area (Å²) >= 11 is 7.78. The lowest BCUT2D eigenvalue weighted by atomic mass is 9.91. The first kappa shape index (κ1) is 28.3.